The second-order valence-electron chi connectivity index (χ2n) is 7.53. The van der Waals surface area contributed by atoms with Crippen molar-refractivity contribution in [1.82, 2.24) is 5.32 Å². The summed E-state index contributed by atoms with van der Waals surface area (Å²) in [6.45, 7) is 1.35. The number of benzene rings is 3. The van der Waals surface area contributed by atoms with Gasteiger partial charge in [-0.1, -0.05) is 59.2 Å². The number of nitriles is 1. The Balaban J connectivity index is 1.74. The molecule has 0 amide bonds. The van der Waals surface area contributed by atoms with Gasteiger partial charge in [0.2, 0.25) is 0 Å². The molecule has 35 heavy (non-hydrogen) atoms. The van der Waals surface area contributed by atoms with Gasteiger partial charge in [0.1, 0.15) is 17.3 Å². The molecule has 0 aliphatic carbocycles. The Bertz CT molecular complexity index is 1280. The predicted octanol–water partition coefficient (Wildman–Crippen LogP) is 8.08. The first-order valence-corrected chi connectivity index (χ1v) is 11.4. The van der Waals surface area contributed by atoms with Crippen molar-refractivity contribution in [2.45, 2.75) is 18.6 Å². The molecule has 1 N–H and O–H groups in total. The maximum absolute atomic E-state index is 12.8. The molecule has 0 heterocycles. The monoisotopic (exact) mass is 558 g/mol. The van der Waals surface area contributed by atoms with E-state index in [-0.39, 0.29) is 28.1 Å². The van der Waals surface area contributed by atoms with Gasteiger partial charge < -0.3 is 14.8 Å². The van der Waals surface area contributed by atoms with Crippen LogP contribution < -0.4 is 14.8 Å². The fraction of sp³-hybridized carbons (Fsp3) is 0.167. The summed E-state index contributed by atoms with van der Waals surface area (Å²) in [5.74, 6) is 0.823. The zero-order chi connectivity index (χ0) is 25.8. The largest absolute Gasteiger partial charge is 0.486 e. The van der Waals surface area contributed by atoms with Gasteiger partial charge in [0.15, 0.2) is 17.0 Å². The van der Waals surface area contributed by atoms with Gasteiger partial charge in [0.05, 0.1) is 16.7 Å². The van der Waals surface area contributed by atoms with E-state index in [4.69, 9.17) is 56.5 Å². The molecule has 3 rings (SSSR count). The number of rotatable bonds is 7. The van der Waals surface area contributed by atoms with Gasteiger partial charge in [-0.05, 0) is 49.4 Å². The van der Waals surface area contributed by atoms with E-state index in [9.17, 15) is 18.4 Å². The SMILES string of the molecule is C[C@](C#N)(COc1ccc(Cl)cc1Oc1ccc(Cl)cc1Cl)NC(=S)c1ccc(C(F)(F)F)cc1. The Morgan fingerprint density at radius 2 is 1.54 bits per heavy atom. The van der Waals surface area contributed by atoms with Gasteiger partial charge in [-0.3, -0.25) is 0 Å². The maximum Gasteiger partial charge on any atom is 0.416 e. The highest BCUT2D eigenvalue weighted by Gasteiger charge is 2.31. The molecule has 3 aromatic rings. The Morgan fingerprint density at radius 1 is 0.943 bits per heavy atom. The molecular formula is C24H16Cl3F3N2O2S. The van der Waals surface area contributed by atoms with Gasteiger partial charge in [-0.2, -0.15) is 18.4 Å². The maximum atomic E-state index is 12.8. The van der Waals surface area contributed by atoms with Crippen LogP contribution in [0.1, 0.15) is 18.1 Å². The van der Waals surface area contributed by atoms with Gasteiger partial charge in [-0.25, -0.2) is 0 Å². The first-order chi connectivity index (χ1) is 16.4. The molecule has 0 bridgehead atoms. The first kappa shape index (κ1) is 26.9. The van der Waals surface area contributed by atoms with Crippen molar-refractivity contribution in [3.63, 3.8) is 0 Å². The van der Waals surface area contributed by atoms with Crippen molar-refractivity contribution in [1.29, 1.82) is 5.26 Å². The van der Waals surface area contributed by atoms with Crippen LogP contribution in [0.4, 0.5) is 13.2 Å². The minimum atomic E-state index is -4.46. The van der Waals surface area contributed by atoms with Crippen LogP contribution in [0.25, 0.3) is 0 Å². The van der Waals surface area contributed by atoms with Crippen LogP contribution in [0.5, 0.6) is 17.2 Å². The number of hydrogen-bond donors (Lipinski definition) is 1. The number of hydrogen-bond acceptors (Lipinski definition) is 4. The molecule has 182 valence electrons. The Morgan fingerprint density at radius 3 is 2.11 bits per heavy atom. The lowest BCUT2D eigenvalue weighted by Gasteiger charge is -2.25. The fourth-order valence-corrected chi connectivity index (χ4v) is 3.78. The predicted molar refractivity (Wildman–Crippen MR) is 134 cm³/mol. The van der Waals surface area contributed by atoms with Crippen molar-refractivity contribution < 1.29 is 22.6 Å². The van der Waals surface area contributed by atoms with Gasteiger partial charge in [0.25, 0.3) is 0 Å². The number of nitrogens with one attached hydrogen (secondary N) is 1. The van der Waals surface area contributed by atoms with E-state index in [1.165, 1.54) is 31.2 Å². The average Bonchev–Trinajstić information content (AvgIpc) is 2.80. The molecule has 0 spiro atoms. The second kappa shape index (κ2) is 10.9. The molecule has 0 saturated carbocycles. The van der Waals surface area contributed by atoms with Crippen LogP contribution in [0.15, 0.2) is 60.7 Å². The van der Waals surface area contributed by atoms with E-state index in [2.05, 4.69) is 11.4 Å². The molecule has 0 aliphatic heterocycles. The molecule has 11 heteroatoms. The van der Waals surface area contributed by atoms with E-state index < -0.39 is 17.3 Å². The zero-order valence-electron chi connectivity index (χ0n) is 17.9. The summed E-state index contributed by atoms with van der Waals surface area (Å²) in [4.78, 5) is 0.0897. The lowest BCUT2D eigenvalue weighted by atomic mass is 10.0. The van der Waals surface area contributed by atoms with Gasteiger partial charge in [-0.15, -0.1) is 0 Å². The Hall–Kier alpha value is -2.70. The number of alkyl halides is 3. The van der Waals surface area contributed by atoms with Crippen molar-refractivity contribution in [2.24, 2.45) is 0 Å². The summed E-state index contributed by atoms with van der Waals surface area (Å²) >= 11 is 23.5. The number of halogens is 6. The second-order valence-corrected chi connectivity index (χ2v) is 9.22. The highest BCUT2D eigenvalue weighted by Crippen LogP contribution is 2.38. The molecule has 0 aromatic heterocycles. The third kappa shape index (κ3) is 7.15. The molecule has 4 nitrogen and oxygen atoms in total. The van der Waals surface area contributed by atoms with Crippen molar-refractivity contribution in [3.05, 3.63) is 86.9 Å². The molecule has 0 saturated heterocycles. The normalized spacial score (nSPS) is 12.9. The van der Waals surface area contributed by atoms with Crippen molar-refractivity contribution in [3.8, 4) is 23.3 Å². The summed E-state index contributed by atoms with van der Waals surface area (Å²) in [5, 5.41) is 13.7. The summed E-state index contributed by atoms with van der Waals surface area (Å²) < 4.78 is 50.1. The van der Waals surface area contributed by atoms with Crippen LogP contribution in [-0.4, -0.2) is 17.1 Å². The minimum Gasteiger partial charge on any atom is -0.486 e. The van der Waals surface area contributed by atoms with Gasteiger partial charge in [0, 0.05) is 21.7 Å². The quantitative estimate of drug-likeness (QED) is 0.297. The molecule has 3 aromatic carbocycles. The lowest BCUT2D eigenvalue weighted by molar-refractivity contribution is -0.137. The number of thiocarbonyl (C=S) groups is 1. The summed E-state index contributed by atoms with van der Waals surface area (Å²) in [7, 11) is 0. The van der Waals surface area contributed by atoms with Crippen LogP contribution in [0.2, 0.25) is 15.1 Å². The third-order valence-corrected chi connectivity index (χ3v) is 5.75. The smallest absolute Gasteiger partial charge is 0.416 e. The van der Waals surface area contributed by atoms with Crippen LogP contribution in [0.3, 0.4) is 0 Å². The van der Waals surface area contributed by atoms with E-state index >= 15 is 0 Å². The van der Waals surface area contributed by atoms with E-state index in [1.54, 1.807) is 24.3 Å². The first-order valence-electron chi connectivity index (χ1n) is 9.86. The molecular weight excluding hydrogens is 544 g/mol. The number of nitrogens with zero attached hydrogens (tertiary/aromatic N) is 1. The van der Waals surface area contributed by atoms with Crippen molar-refractivity contribution in [2.75, 3.05) is 6.61 Å². The van der Waals surface area contributed by atoms with Crippen LogP contribution >= 0.6 is 47.0 Å². The van der Waals surface area contributed by atoms with E-state index in [0.29, 0.717) is 21.4 Å². The zero-order valence-corrected chi connectivity index (χ0v) is 21.0. The molecule has 0 aliphatic rings. The van der Waals surface area contributed by atoms with Gasteiger partial charge >= 0.3 is 6.18 Å². The third-order valence-electron chi connectivity index (χ3n) is 4.65. The Labute approximate surface area is 220 Å². The van der Waals surface area contributed by atoms with Crippen LogP contribution in [-0.2, 0) is 6.18 Å². The highest BCUT2D eigenvalue weighted by atomic mass is 35.5. The molecule has 0 fully saturated rings. The van der Waals surface area contributed by atoms with E-state index in [1.807, 2.05) is 0 Å². The molecule has 1 atom stereocenters. The number of ether oxygens (including phenoxy) is 2. The molecule has 0 radical (unpaired) electrons. The molecule has 0 unspecified atom stereocenters. The standard InChI is InChI=1S/C24H16Cl3F3N2O2S/c1-23(12-31,32-22(35)14-2-4-15(5-3-14)24(28,29)30)13-33-20-9-7-17(26)11-21(20)34-19-8-6-16(25)10-18(19)27/h2-11H,13H2,1H3,(H,32,35)/t23-/m0/s1. The summed E-state index contributed by atoms with van der Waals surface area (Å²) in [6, 6.07) is 15.7. The topological polar surface area (TPSA) is 54.3 Å². The Kier molecular flexibility index (Phi) is 8.39. The highest BCUT2D eigenvalue weighted by molar-refractivity contribution is 7.80. The van der Waals surface area contributed by atoms with E-state index in [0.717, 1.165) is 12.1 Å². The van der Waals surface area contributed by atoms with Crippen molar-refractivity contribution >= 4 is 52.0 Å². The fourth-order valence-electron chi connectivity index (χ4n) is 2.81. The average molecular weight is 560 g/mol. The summed E-state index contributed by atoms with van der Waals surface area (Å²) in [6.07, 6.45) is -4.46. The summed E-state index contributed by atoms with van der Waals surface area (Å²) in [5.41, 5.74) is -1.80. The van der Waals surface area contributed by atoms with Crippen LogP contribution in [0, 0.1) is 11.3 Å². The lowest BCUT2D eigenvalue weighted by Crippen LogP contribution is -2.49. The minimum absolute atomic E-state index is 0.0897.